The van der Waals surface area contributed by atoms with Gasteiger partial charge in [-0.25, -0.2) is 8.78 Å². The number of nitrogens with two attached hydrogens (primary N) is 1. The number of methoxy groups -OCH3 is 1. The molecule has 1 rings (SSSR count). The minimum Gasteiger partial charge on any atom is -0.468 e. The fraction of sp³-hybridized carbons (Fsp3) is 0.889. The van der Waals surface area contributed by atoms with E-state index in [9.17, 15) is 13.6 Å². The molecule has 0 aromatic rings. The quantitative estimate of drug-likeness (QED) is 0.752. The first-order chi connectivity index (χ1) is 6.46. The van der Waals surface area contributed by atoms with Crippen LogP contribution in [0, 0.1) is 5.92 Å². The van der Waals surface area contributed by atoms with Crippen molar-refractivity contribution in [1.29, 1.82) is 0 Å². The van der Waals surface area contributed by atoms with Crippen LogP contribution in [0.3, 0.4) is 0 Å². The van der Waals surface area contributed by atoms with Gasteiger partial charge in [-0.1, -0.05) is 0 Å². The fourth-order valence-corrected chi connectivity index (χ4v) is 1.75. The highest BCUT2D eigenvalue weighted by molar-refractivity contribution is 5.85. The molecule has 1 aliphatic carbocycles. The maximum atomic E-state index is 12.8. The lowest BCUT2D eigenvalue weighted by Gasteiger charge is -2.30. The fourth-order valence-electron chi connectivity index (χ4n) is 1.75. The van der Waals surface area contributed by atoms with Gasteiger partial charge in [0.1, 0.15) is 6.04 Å². The second-order valence-electron chi connectivity index (χ2n) is 3.74. The SMILES string of the molecule is COC(=O)[C@H](N)C1CCC(F)(F)CC1.Cl. The third-order valence-corrected chi connectivity index (χ3v) is 2.74. The Morgan fingerprint density at radius 3 is 2.33 bits per heavy atom. The zero-order valence-corrected chi connectivity index (χ0v) is 9.36. The van der Waals surface area contributed by atoms with Crippen LogP contribution in [-0.2, 0) is 9.53 Å². The lowest BCUT2D eigenvalue weighted by Crippen LogP contribution is -2.42. The zero-order valence-electron chi connectivity index (χ0n) is 8.54. The van der Waals surface area contributed by atoms with Crippen LogP contribution in [-0.4, -0.2) is 25.0 Å². The molecular formula is C9H16ClF2NO2. The topological polar surface area (TPSA) is 52.3 Å². The second kappa shape index (κ2) is 5.61. The van der Waals surface area contributed by atoms with E-state index in [1.165, 1.54) is 7.11 Å². The molecule has 0 aliphatic heterocycles. The lowest BCUT2D eigenvalue weighted by molar-refractivity contribution is -0.145. The smallest absolute Gasteiger partial charge is 0.322 e. The molecule has 1 fully saturated rings. The van der Waals surface area contributed by atoms with E-state index in [2.05, 4.69) is 4.74 Å². The summed E-state index contributed by atoms with van der Waals surface area (Å²) in [6.45, 7) is 0. The van der Waals surface area contributed by atoms with Gasteiger partial charge in [-0.05, 0) is 18.8 Å². The normalized spacial score (nSPS) is 22.7. The molecule has 3 nitrogen and oxygen atoms in total. The van der Waals surface area contributed by atoms with Crippen LogP contribution in [0.5, 0.6) is 0 Å². The maximum absolute atomic E-state index is 12.8. The molecule has 1 atom stereocenters. The summed E-state index contributed by atoms with van der Waals surface area (Å²) in [5, 5.41) is 0. The van der Waals surface area contributed by atoms with Crippen molar-refractivity contribution in [2.24, 2.45) is 11.7 Å². The van der Waals surface area contributed by atoms with Crippen LogP contribution >= 0.6 is 12.4 Å². The highest BCUT2D eigenvalue weighted by Crippen LogP contribution is 2.37. The van der Waals surface area contributed by atoms with Crippen molar-refractivity contribution in [3.63, 3.8) is 0 Å². The minimum atomic E-state index is -2.58. The number of rotatable bonds is 2. The van der Waals surface area contributed by atoms with Crippen molar-refractivity contribution in [3.8, 4) is 0 Å². The van der Waals surface area contributed by atoms with Gasteiger partial charge in [0.05, 0.1) is 7.11 Å². The van der Waals surface area contributed by atoms with Crippen LogP contribution in [0.25, 0.3) is 0 Å². The van der Waals surface area contributed by atoms with E-state index in [0.29, 0.717) is 12.8 Å². The molecule has 0 heterocycles. The van der Waals surface area contributed by atoms with E-state index in [0.717, 1.165) is 0 Å². The summed E-state index contributed by atoms with van der Waals surface area (Å²) in [6, 6.07) is -0.754. The van der Waals surface area contributed by atoms with E-state index in [4.69, 9.17) is 5.73 Å². The molecule has 2 N–H and O–H groups in total. The Balaban J connectivity index is 0.00000196. The molecule has 0 radical (unpaired) electrons. The van der Waals surface area contributed by atoms with Crippen LogP contribution in [0.15, 0.2) is 0 Å². The first-order valence-corrected chi connectivity index (χ1v) is 4.67. The van der Waals surface area contributed by atoms with E-state index >= 15 is 0 Å². The van der Waals surface area contributed by atoms with Crippen molar-refractivity contribution in [2.45, 2.75) is 37.6 Å². The number of hydrogen-bond acceptors (Lipinski definition) is 3. The van der Waals surface area contributed by atoms with E-state index < -0.39 is 17.9 Å². The number of halogens is 3. The van der Waals surface area contributed by atoms with Crippen molar-refractivity contribution in [1.82, 2.24) is 0 Å². The number of carbonyl (C=O) groups excluding carboxylic acids is 1. The van der Waals surface area contributed by atoms with Crippen LogP contribution in [0.1, 0.15) is 25.7 Å². The van der Waals surface area contributed by atoms with Gasteiger partial charge in [0.15, 0.2) is 0 Å². The number of hydrogen-bond donors (Lipinski definition) is 1. The highest BCUT2D eigenvalue weighted by Gasteiger charge is 2.38. The van der Waals surface area contributed by atoms with Crippen molar-refractivity contribution in [2.75, 3.05) is 7.11 Å². The van der Waals surface area contributed by atoms with Crippen molar-refractivity contribution >= 4 is 18.4 Å². The Labute approximate surface area is 93.8 Å². The average molecular weight is 244 g/mol. The summed E-state index contributed by atoms with van der Waals surface area (Å²) in [6.07, 6.45) is 0.233. The molecule has 6 heteroatoms. The molecule has 15 heavy (non-hydrogen) atoms. The molecule has 90 valence electrons. The standard InChI is InChI=1S/C9H15F2NO2.ClH/c1-14-8(13)7(12)6-2-4-9(10,11)5-3-6;/h6-7H,2-5,12H2,1H3;1H/t7-;/m1./s1. The molecule has 0 saturated heterocycles. The van der Waals surface area contributed by atoms with Gasteiger partial charge in [0.2, 0.25) is 5.92 Å². The van der Waals surface area contributed by atoms with Gasteiger partial charge in [-0.2, -0.15) is 0 Å². The molecule has 0 amide bonds. The lowest BCUT2D eigenvalue weighted by atomic mass is 9.82. The highest BCUT2D eigenvalue weighted by atomic mass is 35.5. The Bertz CT molecular complexity index is 216. The molecule has 1 aliphatic rings. The molecule has 0 aromatic carbocycles. The van der Waals surface area contributed by atoms with Gasteiger partial charge >= 0.3 is 5.97 Å². The van der Waals surface area contributed by atoms with Crippen LogP contribution in [0.4, 0.5) is 8.78 Å². The van der Waals surface area contributed by atoms with E-state index in [-0.39, 0.29) is 31.2 Å². The third-order valence-electron chi connectivity index (χ3n) is 2.74. The Kier molecular flexibility index (Phi) is 5.45. The maximum Gasteiger partial charge on any atom is 0.322 e. The predicted molar refractivity (Wildman–Crippen MR) is 54.1 cm³/mol. The summed E-state index contributed by atoms with van der Waals surface area (Å²) in [5.41, 5.74) is 5.57. The third kappa shape index (κ3) is 3.91. The Morgan fingerprint density at radius 2 is 1.93 bits per heavy atom. The zero-order chi connectivity index (χ0) is 10.8. The first-order valence-electron chi connectivity index (χ1n) is 4.67. The van der Waals surface area contributed by atoms with Gasteiger partial charge in [-0.3, -0.25) is 4.79 Å². The van der Waals surface area contributed by atoms with Crippen molar-refractivity contribution < 1.29 is 18.3 Å². The van der Waals surface area contributed by atoms with Crippen LogP contribution in [0.2, 0.25) is 0 Å². The molecule has 0 aromatic heterocycles. The molecule has 0 spiro atoms. The summed E-state index contributed by atoms with van der Waals surface area (Å²) in [4.78, 5) is 11.0. The Morgan fingerprint density at radius 1 is 1.47 bits per heavy atom. The van der Waals surface area contributed by atoms with Crippen LogP contribution < -0.4 is 5.73 Å². The van der Waals surface area contributed by atoms with Gasteiger partial charge in [0, 0.05) is 12.8 Å². The summed E-state index contributed by atoms with van der Waals surface area (Å²) >= 11 is 0. The summed E-state index contributed by atoms with van der Waals surface area (Å²) in [7, 11) is 1.25. The second-order valence-corrected chi connectivity index (χ2v) is 3.74. The van der Waals surface area contributed by atoms with Gasteiger partial charge in [0.25, 0.3) is 0 Å². The van der Waals surface area contributed by atoms with Gasteiger partial charge < -0.3 is 10.5 Å². The largest absolute Gasteiger partial charge is 0.468 e. The van der Waals surface area contributed by atoms with Crippen molar-refractivity contribution in [3.05, 3.63) is 0 Å². The average Bonchev–Trinajstić information content (AvgIpc) is 2.15. The van der Waals surface area contributed by atoms with Gasteiger partial charge in [-0.15, -0.1) is 12.4 Å². The number of esters is 1. The molecule has 0 unspecified atom stereocenters. The molecule has 1 saturated carbocycles. The number of alkyl halides is 2. The minimum absolute atomic E-state index is 0. The Hall–Kier alpha value is -0.420. The molecule has 0 bridgehead atoms. The van der Waals surface area contributed by atoms with E-state index in [1.807, 2.05) is 0 Å². The summed E-state index contributed by atoms with van der Waals surface area (Å²) in [5.74, 6) is -3.26. The number of carbonyl (C=O) groups is 1. The monoisotopic (exact) mass is 243 g/mol. The predicted octanol–water partition coefficient (Wildman–Crippen LogP) is 1.73. The first kappa shape index (κ1) is 14.6. The van der Waals surface area contributed by atoms with E-state index in [1.54, 1.807) is 0 Å². The number of ether oxygens (including phenoxy) is 1. The molecular weight excluding hydrogens is 228 g/mol. The summed E-state index contributed by atoms with van der Waals surface area (Å²) < 4.78 is 30.0.